The Hall–Kier alpha value is -2.45. The quantitative estimate of drug-likeness (QED) is 0.546. The molecule has 0 saturated carbocycles. The third-order valence-corrected chi connectivity index (χ3v) is 8.93. The lowest BCUT2D eigenvalue weighted by molar-refractivity contribution is -0.129. The van der Waals surface area contributed by atoms with Crippen LogP contribution in [0.3, 0.4) is 0 Å². The van der Waals surface area contributed by atoms with Crippen molar-refractivity contribution in [1.29, 1.82) is 5.26 Å². The van der Waals surface area contributed by atoms with Gasteiger partial charge in [-0.1, -0.05) is 36.0 Å². The average molecular weight is 459 g/mol. The summed E-state index contributed by atoms with van der Waals surface area (Å²) >= 11 is 2.96. The van der Waals surface area contributed by atoms with Gasteiger partial charge in [0.2, 0.25) is 15.9 Å². The van der Waals surface area contributed by atoms with Gasteiger partial charge in [-0.05, 0) is 24.3 Å². The number of hydrogen-bond acceptors (Lipinski definition) is 7. The van der Waals surface area contributed by atoms with Crippen molar-refractivity contribution < 1.29 is 13.2 Å². The number of aromatic nitrogens is 1. The molecule has 30 heavy (non-hydrogen) atoms. The highest BCUT2D eigenvalue weighted by atomic mass is 32.2. The summed E-state index contributed by atoms with van der Waals surface area (Å²) in [5.74, 6) is 0.234. The van der Waals surface area contributed by atoms with Crippen molar-refractivity contribution in [3.63, 3.8) is 0 Å². The molecule has 2 aromatic carbocycles. The van der Waals surface area contributed by atoms with Crippen molar-refractivity contribution in [2.45, 2.75) is 9.24 Å². The predicted octanol–water partition coefficient (Wildman–Crippen LogP) is 2.79. The van der Waals surface area contributed by atoms with Crippen molar-refractivity contribution >= 4 is 49.2 Å². The second-order valence-corrected chi connectivity index (χ2v) is 10.8. The Morgan fingerprint density at radius 2 is 1.80 bits per heavy atom. The molecular formula is C20H18N4O3S3. The van der Waals surface area contributed by atoms with E-state index >= 15 is 0 Å². The maximum Gasteiger partial charge on any atom is 0.244 e. The van der Waals surface area contributed by atoms with Crippen molar-refractivity contribution in [3.8, 4) is 6.07 Å². The Bertz CT molecular complexity index is 1190. The predicted molar refractivity (Wildman–Crippen MR) is 117 cm³/mol. The lowest BCUT2D eigenvalue weighted by Gasteiger charge is -2.34. The summed E-state index contributed by atoms with van der Waals surface area (Å²) in [7, 11) is -3.76. The summed E-state index contributed by atoms with van der Waals surface area (Å²) < 4.78 is 29.1. The zero-order valence-corrected chi connectivity index (χ0v) is 18.3. The number of nitrogens with zero attached hydrogens (tertiary/aromatic N) is 4. The van der Waals surface area contributed by atoms with E-state index in [1.165, 1.54) is 28.2 Å². The molecule has 1 fully saturated rings. The number of sulfonamides is 1. The SMILES string of the molecule is N#Cc1ccccc1S(=O)(=O)N1CCN(C(=O)CSc2nc3ccccc3s2)CC1. The Labute approximate surface area is 183 Å². The summed E-state index contributed by atoms with van der Waals surface area (Å²) in [6.45, 7) is 1.07. The molecule has 0 unspecified atom stereocenters. The summed E-state index contributed by atoms with van der Waals surface area (Å²) in [4.78, 5) is 18.8. The zero-order valence-electron chi connectivity index (χ0n) is 15.9. The lowest BCUT2D eigenvalue weighted by Crippen LogP contribution is -2.51. The Morgan fingerprint density at radius 3 is 2.53 bits per heavy atom. The normalized spacial score (nSPS) is 15.2. The highest BCUT2D eigenvalue weighted by molar-refractivity contribution is 8.01. The number of carbonyl (C=O) groups excluding carboxylic acids is 1. The highest BCUT2D eigenvalue weighted by Gasteiger charge is 2.31. The van der Waals surface area contributed by atoms with E-state index in [1.54, 1.807) is 28.4 Å². The Morgan fingerprint density at radius 1 is 1.10 bits per heavy atom. The number of para-hydroxylation sites is 1. The topological polar surface area (TPSA) is 94.4 Å². The minimum Gasteiger partial charge on any atom is -0.339 e. The number of carbonyl (C=O) groups is 1. The van der Waals surface area contributed by atoms with Gasteiger partial charge in [0.1, 0.15) is 6.07 Å². The first-order valence-electron chi connectivity index (χ1n) is 9.24. The molecule has 1 amide bonds. The molecule has 1 saturated heterocycles. The largest absolute Gasteiger partial charge is 0.339 e. The molecule has 154 valence electrons. The molecule has 2 heterocycles. The fourth-order valence-corrected chi connectivity index (χ4v) is 6.76. The van der Waals surface area contributed by atoms with Gasteiger partial charge in [-0.2, -0.15) is 9.57 Å². The average Bonchev–Trinajstić information content (AvgIpc) is 3.20. The number of hydrogen-bond donors (Lipinski definition) is 0. The third-order valence-electron chi connectivity index (χ3n) is 4.81. The molecule has 1 aliphatic heterocycles. The van der Waals surface area contributed by atoms with Gasteiger partial charge in [0.05, 0.1) is 26.4 Å². The van der Waals surface area contributed by atoms with Crippen molar-refractivity contribution in [2.75, 3.05) is 31.9 Å². The minimum absolute atomic E-state index is 0.0127. The van der Waals surface area contributed by atoms with E-state index in [9.17, 15) is 18.5 Å². The number of benzene rings is 2. The van der Waals surface area contributed by atoms with Crippen LogP contribution in [0.25, 0.3) is 10.2 Å². The second-order valence-electron chi connectivity index (χ2n) is 6.63. The first-order valence-corrected chi connectivity index (χ1v) is 12.5. The molecule has 0 atom stereocenters. The molecule has 10 heteroatoms. The van der Waals surface area contributed by atoms with Crippen LogP contribution in [-0.2, 0) is 14.8 Å². The molecular weight excluding hydrogens is 440 g/mol. The van der Waals surface area contributed by atoms with Crippen LogP contribution in [0.15, 0.2) is 57.8 Å². The Balaban J connectivity index is 1.35. The van der Waals surface area contributed by atoms with E-state index in [0.29, 0.717) is 13.1 Å². The zero-order chi connectivity index (χ0) is 21.1. The number of fused-ring (bicyclic) bond motifs is 1. The molecule has 1 aliphatic rings. The molecule has 0 radical (unpaired) electrons. The molecule has 0 spiro atoms. The summed E-state index contributed by atoms with van der Waals surface area (Å²) in [5.41, 5.74) is 1.05. The van der Waals surface area contributed by atoms with Crippen LogP contribution in [0.1, 0.15) is 5.56 Å². The summed E-state index contributed by atoms with van der Waals surface area (Å²) in [6, 6.07) is 16.0. The first kappa shape index (κ1) is 20.8. The molecule has 7 nitrogen and oxygen atoms in total. The number of thiazole rings is 1. The first-order chi connectivity index (χ1) is 14.5. The van der Waals surface area contributed by atoms with Crippen LogP contribution in [0.2, 0.25) is 0 Å². The van der Waals surface area contributed by atoms with Gasteiger partial charge < -0.3 is 4.90 Å². The van der Waals surface area contributed by atoms with Gasteiger partial charge >= 0.3 is 0 Å². The standard InChI is InChI=1S/C20H18N4O3S3/c21-13-15-5-1-4-8-18(15)30(26,27)24-11-9-23(10-12-24)19(25)14-28-20-22-16-6-2-3-7-17(16)29-20/h1-8H,9-12,14H2. The van der Waals surface area contributed by atoms with Gasteiger partial charge in [0.15, 0.2) is 4.34 Å². The van der Waals surface area contributed by atoms with Crippen LogP contribution >= 0.6 is 23.1 Å². The van der Waals surface area contributed by atoms with E-state index in [0.717, 1.165) is 14.6 Å². The van der Waals surface area contributed by atoms with Gasteiger partial charge in [0, 0.05) is 26.2 Å². The van der Waals surface area contributed by atoms with E-state index in [4.69, 9.17) is 0 Å². The van der Waals surface area contributed by atoms with Crippen LogP contribution in [0.5, 0.6) is 0 Å². The maximum absolute atomic E-state index is 12.9. The molecule has 1 aromatic heterocycles. The van der Waals surface area contributed by atoms with Gasteiger partial charge in [-0.3, -0.25) is 4.79 Å². The van der Waals surface area contributed by atoms with Gasteiger partial charge in [-0.15, -0.1) is 11.3 Å². The second kappa shape index (κ2) is 8.73. The summed E-state index contributed by atoms with van der Waals surface area (Å²) in [6.07, 6.45) is 0. The molecule has 0 N–H and O–H groups in total. The fraction of sp³-hybridized carbons (Fsp3) is 0.250. The van der Waals surface area contributed by atoms with Crippen molar-refractivity contribution in [3.05, 3.63) is 54.1 Å². The fourth-order valence-electron chi connectivity index (χ4n) is 3.23. The lowest BCUT2D eigenvalue weighted by atomic mass is 10.2. The smallest absolute Gasteiger partial charge is 0.244 e. The van der Waals surface area contributed by atoms with Crippen LogP contribution in [-0.4, -0.2) is 60.4 Å². The highest BCUT2D eigenvalue weighted by Crippen LogP contribution is 2.29. The van der Waals surface area contributed by atoms with E-state index in [1.807, 2.05) is 30.3 Å². The van der Waals surface area contributed by atoms with Crippen molar-refractivity contribution in [1.82, 2.24) is 14.2 Å². The number of thioether (sulfide) groups is 1. The molecule has 3 aromatic rings. The monoisotopic (exact) mass is 458 g/mol. The minimum atomic E-state index is -3.76. The Kier molecular flexibility index (Phi) is 6.06. The van der Waals surface area contributed by atoms with E-state index in [2.05, 4.69) is 4.98 Å². The molecule has 4 rings (SSSR count). The van der Waals surface area contributed by atoms with Crippen LogP contribution in [0, 0.1) is 11.3 Å². The number of rotatable bonds is 5. The van der Waals surface area contributed by atoms with Crippen molar-refractivity contribution in [2.24, 2.45) is 0 Å². The van der Waals surface area contributed by atoms with Gasteiger partial charge in [0.25, 0.3) is 0 Å². The molecule has 0 aliphatic carbocycles. The van der Waals surface area contributed by atoms with Crippen LogP contribution in [0.4, 0.5) is 0 Å². The van der Waals surface area contributed by atoms with E-state index < -0.39 is 10.0 Å². The van der Waals surface area contributed by atoms with Crippen LogP contribution < -0.4 is 0 Å². The maximum atomic E-state index is 12.9. The number of piperazine rings is 1. The number of amides is 1. The molecule has 0 bridgehead atoms. The van der Waals surface area contributed by atoms with E-state index in [-0.39, 0.29) is 35.2 Å². The third kappa shape index (κ3) is 4.20. The van der Waals surface area contributed by atoms with Gasteiger partial charge in [-0.25, -0.2) is 13.4 Å². The summed E-state index contributed by atoms with van der Waals surface area (Å²) in [5, 5.41) is 9.20. The number of nitriles is 1.